The second kappa shape index (κ2) is 5.04. The Hall–Kier alpha value is -1.46. The SMILES string of the molecule is CN(C)[C@H](C(=O)N1CC(O)C1)c1ccc(F)cc1. The first kappa shape index (κ1) is 13.0. The number of hydrogen-bond acceptors (Lipinski definition) is 3. The normalized spacial score (nSPS) is 17.7. The third-order valence-electron chi connectivity index (χ3n) is 3.11. The largest absolute Gasteiger partial charge is 0.389 e. The van der Waals surface area contributed by atoms with Gasteiger partial charge in [-0.2, -0.15) is 0 Å². The number of hydrogen-bond donors (Lipinski definition) is 1. The van der Waals surface area contributed by atoms with E-state index in [-0.39, 0.29) is 11.7 Å². The molecule has 18 heavy (non-hydrogen) atoms. The molecule has 1 heterocycles. The highest BCUT2D eigenvalue weighted by molar-refractivity contribution is 5.84. The van der Waals surface area contributed by atoms with Gasteiger partial charge in [0.25, 0.3) is 0 Å². The Morgan fingerprint density at radius 1 is 1.39 bits per heavy atom. The highest BCUT2D eigenvalue weighted by Gasteiger charge is 2.34. The number of likely N-dealkylation sites (tertiary alicyclic amines) is 1. The van der Waals surface area contributed by atoms with E-state index in [1.54, 1.807) is 21.9 Å². The summed E-state index contributed by atoms with van der Waals surface area (Å²) in [4.78, 5) is 15.7. The van der Waals surface area contributed by atoms with Crippen molar-refractivity contribution in [1.82, 2.24) is 9.80 Å². The fourth-order valence-electron chi connectivity index (χ4n) is 2.11. The molecule has 0 bridgehead atoms. The smallest absolute Gasteiger partial charge is 0.244 e. The highest BCUT2D eigenvalue weighted by atomic mass is 19.1. The van der Waals surface area contributed by atoms with Crippen LogP contribution < -0.4 is 0 Å². The van der Waals surface area contributed by atoms with E-state index in [1.165, 1.54) is 12.1 Å². The second-order valence-electron chi connectivity index (χ2n) is 4.81. The van der Waals surface area contributed by atoms with Crippen LogP contribution in [0.4, 0.5) is 4.39 Å². The van der Waals surface area contributed by atoms with Gasteiger partial charge in [0.2, 0.25) is 5.91 Å². The Bertz CT molecular complexity index is 427. The summed E-state index contributed by atoms with van der Waals surface area (Å²) in [6.45, 7) is 0.759. The van der Waals surface area contributed by atoms with Gasteiger partial charge in [-0.1, -0.05) is 12.1 Å². The molecule has 1 N–H and O–H groups in total. The Morgan fingerprint density at radius 3 is 2.39 bits per heavy atom. The fraction of sp³-hybridized carbons (Fsp3) is 0.462. The summed E-state index contributed by atoms with van der Waals surface area (Å²) in [7, 11) is 3.62. The van der Waals surface area contributed by atoms with Gasteiger partial charge in [-0.05, 0) is 31.8 Å². The molecule has 0 radical (unpaired) electrons. The van der Waals surface area contributed by atoms with Crippen LogP contribution in [0.2, 0.25) is 0 Å². The lowest BCUT2D eigenvalue weighted by molar-refractivity contribution is -0.146. The van der Waals surface area contributed by atoms with E-state index in [0.29, 0.717) is 13.1 Å². The van der Waals surface area contributed by atoms with E-state index >= 15 is 0 Å². The lowest BCUT2D eigenvalue weighted by Gasteiger charge is -2.39. The Balaban J connectivity index is 2.18. The first-order chi connectivity index (χ1) is 8.49. The summed E-state index contributed by atoms with van der Waals surface area (Å²) in [6.07, 6.45) is -0.412. The number of carbonyl (C=O) groups is 1. The maximum absolute atomic E-state index is 12.9. The number of likely N-dealkylation sites (N-methyl/N-ethyl adjacent to an activating group) is 1. The van der Waals surface area contributed by atoms with Crippen LogP contribution in [0.25, 0.3) is 0 Å². The lowest BCUT2D eigenvalue weighted by Crippen LogP contribution is -2.56. The summed E-state index contributed by atoms with van der Waals surface area (Å²) in [6, 6.07) is 5.51. The number of aliphatic hydroxyl groups excluding tert-OH is 1. The minimum absolute atomic E-state index is 0.0584. The van der Waals surface area contributed by atoms with Crippen molar-refractivity contribution in [3.63, 3.8) is 0 Å². The van der Waals surface area contributed by atoms with Gasteiger partial charge < -0.3 is 10.0 Å². The first-order valence-corrected chi connectivity index (χ1v) is 5.88. The number of β-amino-alcohol motifs (C(OH)–C–C–N with tert-alkyl or cyclic N) is 1. The summed E-state index contributed by atoms with van der Waals surface area (Å²) in [5.41, 5.74) is 0.757. The standard InChI is InChI=1S/C13H17FN2O2/c1-15(2)12(9-3-5-10(14)6-4-9)13(18)16-7-11(17)8-16/h3-6,11-12,17H,7-8H2,1-2H3/t12-/m0/s1. The molecule has 0 saturated carbocycles. The van der Waals surface area contributed by atoms with Gasteiger partial charge >= 0.3 is 0 Å². The average Bonchev–Trinajstić information content (AvgIpc) is 2.27. The molecule has 1 aliphatic rings. The molecule has 2 rings (SSSR count). The second-order valence-corrected chi connectivity index (χ2v) is 4.81. The molecule has 4 nitrogen and oxygen atoms in total. The predicted octanol–water partition coefficient (Wildman–Crippen LogP) is 0.631. The van der Waals surface area contributed by atoms with Crippen molar-refractivity contribution in [2.75, 3.05) is 27.2 Å². The zero-order chi connectivity index (χ0) is 13.3. The average molecular weight is 252 g/mol. The molecule has 1 aromatic rings. The van der Waals surface area contributed by atoms with Crippen molar-refractivity contribution in [2.24, 2.45) is 0 Å². The summed E-state index contributed by atoms with van der Waals surface area (Å²) >= 11 is 0. The zero-order valence-corrected chi connectivity index (χ0v) is 10.5. The van der Waals surface area contributed by atoms with E-state index < -0.39 is 12.1 Å². The topological polar surface area (TPSA) is 43.8 Å². The zero-order valence-electron chi connectivity index (χ0n) is 10.5. The van der Waals surface area contributed by atoms with Gasteiger partial charge in [0, 0.05) is 13.1 Å². The van der Waals surface area contributed by atoms with Crippen LogP contribution >= 0.6 is 0 Å². The number of halogens is 1. The summed E-state index contributed by atoms with van der Waals surface area (Å²) in [5.74, 6) is -0.375. The van der Waals surface area contributed by atoms with Crippen LogP contribution in [0.3, 0.4) is 0 Å². The Labute approximate surface area is 106 Å². The fourth-order valence-corrected chi connectivity index (χ4v) is 2.11. The van der Waals surface area contributed by atoms with E-state index in [0.717, 1.165) is 5.56 Å². The van der Waals surface area contributed by atoms with Gasteiger partial charge in [-0.15, -0.1) is 0 Å². The minimum Gasteiger partial charge on any atom is -0.389 e. The molecule has 0 aliphatic carbocycles. The third-order valence-corrected chi connectivity index (χ3v) is 3.11. The summed E-state index contributed by atoms with van der Waals surface area (Å²) in [5, 5.41) is 9.24. The molecule has 5 heteroatoms. The molecular weight excluding hydrogens is 235 g/mol. The first-order valence-electron chi connectivity index (χ1n) is 5.88. The maximum Gasteiger partial charge on any atom is 0.244 e. The van der Waals surface area contributed by atoms with Crippen molar-refractivity contribution < 1.29 is 14.3 Å². The van der Waals surface area contributed by atoms with Crippen molar-refractivity contribution in [3.05, 3.63) is 35.6 Å². The molecule has 1 saturated heterocycles. The van der Waals surface area contributed by atoms with Gasteiger partial charge in [-0.25, -0.2) is 4.39 Å². The van der Waals surface area contributed by atoms with E-state index in [1.807, 2.05) is 14.1 Å². The number of rotatable bonds is 3. The molecule has 0 aromatic heterocycles. The number of nitrogens with zero attached hydrogens (tertiary/aromatic N) is 2. The monoisotopic (exact) mass is 252 g/mol. The number of aliphatic hydroxyl groups is 1. The van der Waals surface area contributed by atoms with Crippen molar-refractivity contribution in [3.8, 4) is 0 Å². The van der Waals surface area contributed by atoms with Gasteiger partial charge in [0.05, 0.1) is 6.10 Å². The van der Waals surface area contributed by atoms with Crippen molar-refractivity contribution in [1.29, 1.82) is 0 Å². The lowest BCUT2D eigenvalue weighted by atomic mass is 10.0. The Morgan fingerprint density at radius 2 is 1.94 bits per heavy atom. The molecule has 0 spiro atoms. The highest BCUT2D eigenvalue weighted by Crippen LogP contribution is 2.23. The van der Waals surface area contributed by atoms with Gasteiger partial charge in [0.1, 0.15) is 11.9 Å². The van der Waals surface area contributed by atoms with Crippen molar-refractivity contribution >= 4 is 5.91 Å². The van der Waals surface area contributed by atoms with Crippen LogP contribution in [0.15, 0.2) is 24.3 Å². The van der Waals surface area contributed by atoms with Crippen LogP contribution in [0, 0.1) is 5.82 Å². The number of amides is 1. The van der Waals surface area contributed by atoms with Crippen LogP contribution in [0.1, 0.15) is 11.6 Å². The van der Waals surface area contributed by atoms with E-state index in [9.17, 15) is 14.3 Å². The molecular formula is C13H17FN2O2. The number of carbonyl (C=O) groups excluding carboxylic acids is 1. The molecule has 1 aliphatic heterocycles. The van der Waals surface area contributed by atoms with Gasteiger partial charge in [-0.3, -0.25) is 9.69 Å². The van der Waals surface area contributed by atoms with Crippen LogP contribution in [-0.4, -0.2) is 54.1 Å². The third kappa shape index (κ3) is 2.52. The van der Waals surface area contributed by atoms with Crippen LogP contribution in [-0.2, 0) is 4.79 Å². The van der Waals surface area contributed by atoms with E-state index in [2.05, 4.69) is 0 Å². The molecule has 1 amide bonds. The van der Waals surface area contributed by atoms with Crippen LogP contribution in [0.5, 0.6) is 0 Å². The maximum atomic E-state index is 12.9. The minimum atomic E-state index is -0.432. The van der Waals surface area contributed by atoms with Crippen molar-refractivity contribution in [2.45, 2.75) is 12.1 Å². The molecule has 0 unspecified atom stereocenters. The molecule has 1 aromatic carbocycles. The van der Waals surface area contributed by atoms with E-state index in [4.69, 9.17) is 0 Å². The predicted molar refractivity (Wildman–Crippen MR) is 65.4 cm³/mol. The summed E-state index contributed by atoms with van der Waals surface area (Å²) < 4.78 is 12.9. The number of benzene rings is 1. The molecule has 1 fully saturated rings. The Kier molecular flexibility index (Phi) is 3.63. The quantitative estimate of drug-likeness (QED) is 0.858. The molecule has 98 valence electrons. The van der Waals surface area contributed by atoms with Gasteiger partial charge in [0.15, 0.2) is 0 Å². The molecule has 1 atom stereocenters.